The van der Waals surface area contributed by atoms with Gasteiger partial charge in [0.1, 0.15) is 6.04 Å². The van der Waals surface area contributed by atoms with Gasteiger partial charge >= 0.3 is 24.8 Å². The van der Waals surface area contributed by atoms with Crippen LogP contribution in [0.25, 0.3) is 11.1 Å². The Balaban J connectivity index is 0.00000400. The fourth-order valence-corrected chi connectivity index (χ4v) is 5.62. The minimum absolute atomic E-state index is 0. The molecule has 2 aromatic rings. The second-order valence-electron chi connectivity index (χ2n) is 10.2. The minimum Gasteiger partial charge on any atom is -1.00 e. The second kappa shape index (κ2) is 17.8. The van der Waals surface area contributed by atoms with Crippen LogP contribution in [0.5, 0.6) is 0 Å². The summed E-state index contributed by atoms with van der Waals surface area (Å²) in [6, 6.07) is 12.7. The maximum atomic E-state index is 13.3. The van der Waals surface area contributed by atoms with E-state index in [4.69, 9.17) is 9.47 Å². The zero-order chi connectivity index (χ0) is 27.3. The minimum atomic E-state index is -1.02. The molecule has 2 N–H and O–H groups in total. The van der Waals surface area contributed by atoms with E-state index in [9.17, 15) is 14.7 Å². The Hall–Kier alpha value is -1.75. The van der Waals surface area contributed by atoms with E-state index in [1.807, 2.05) is 56.5 Å². The van der Waals surface area contributed by atoms with Crippen molar-refractivity contribution in [1.82, 2.24) is 5.32 Å². The molecule has 0 aromatic heterocycles. The Labute approximate surface area is 251 Å². The third-order valence-electron chi connectivity index (χ3n) is 7.29. The van der Waals surface area contributed by atoms with Gasteiger partial charge in [0.15, 0.2) is 0 Å². The summed E-state index contributed by atoms with van der Waals surface area (Å²) in [5.41, 5.74) is 4.21. The first kappa shape index (κ1) is 33.5. The number of rotatable bonds is 15. The molecule has 1 fully saturated rings. The monoisotopic (exact) mass is 549 g/mol. The smallest absolute Gasteiger partial charge is 1.00 e. The Bertz CT molecular complexity index is 1050. The number of amides is 1. The Morgan fingerprint density at radius 2 is 1.87 bits per heavy atom. The van der Waals surface area contributed by atoms with Crippen LogP contribution in [0.3, 0.4) is 0 Å². The maximum Gasteiger partial charge on any atom is 1.00 e. The Morgan fingerprint density at radius 3 is 2.54 bits per heavy atom. The van der Waals surface area contributed by atoms with Crippen molar-refractivity contribution in [3.8, 4) is 11.1 Å². The van der Waals surface area contributed by atoms with Gasteiger partial charge in [-0.1, -0.05) is 62.4 Å². The van der Waals surface area contributed by atoms with Crippen LogP contribution >= 0.6 is 11.8 Å². The second-order valence-corrected chi connectivity index (χ2v) is 11.2. The van der Waals surface area contributed by atoms with E-state index in [0.29, 0.717) is 43.5 Å². The number of hydrogen-bond donors (Lipinski definition) is 2. The van der Waals surface area contributed by atoms with E-state index in [1.54, 1.807) is 17.8 Å². The van der Waals surface area contributed by atoms with Crippen molar-refractivity contribution in [2.75, 3.05) is 25.2 Å². The predicted octanol–water partition coefficient (Wildman–Crippen LogP) is 3.61. The molecule has 3 rings (SSSR count). The van der Waals surface area contributed by atoms with Crippen LogP contribution < -0.4 is 24.2 Å². The molecule has 0 heterocycles. The topological polar surface area (TPSA) is 84.9 Å². The van der Waals surface area contributed by atoms with E-state index >= 15 is 0 Å². The molecule has 1 amide bonds. The fourth-order valence-electron chi connectivity index (χ4n) is 5.15. The molecular weight excluding hydrogens is 505 g/mol. The van der Waals surface area contributed by atoms with Gasteiger partial charge in [0.05, 0.1) is 19.3 Å². The molecule has 8 heteroatoms. The van der Waals surface area contributed by atoms with Crippen molar-refractivity contribution in [1.29, 1.82) is 0 Å². The number of thioether (sulfide) groups is 1. The van der Waals surface area contributed by atoms with E-state index in [0.717, 1.165) is 28.7 Å². The van der Waals surface area contributed by atoms with Crippen molar-refractivity contribution in [2.45, 2.75) is 77.5 Å². The molecule has 0 saturated heterocycles. The first-order valence-electron chi connectivity index (χ1n) is 13.8. The number of carboxylic acids is 1. The van der Waals surface area contributed by atoms with Gasteiger partial charge < -0.3 is 21.3 Å². The molecule has 210 valence electrons. The first-order chi connectivity index (χ1) is 18.4. The molecule has 6 nitrogen and oxygen atoms in total. The molecule has 0 aliphatic heterocycles. The van der Waals surface area contributed by atoms with Crippen LogP contribution in [0.2, 0.25) is 0 Å². The standard InChI is InChI=1S/C31H43NO5S.Li.H/c1-4-36-21-25(18-23-11-6-5-7-12-23)37-20-24-14-15-27(28(19-24)26-13-9-8-10-22(26)2)30(33)32-29(31(34)35)16-17-38-3;;/h8-10,13-15,19,23,25,29H,4-7,11-12,16-18,20-21H2,1-3H3,(H,32,33)(H,34,35);;/q;+1;-1/t25?,29-;;/m0../s1. The number of carboxylic acid groups (broad SMARTS) is 1. The van der Waals surface area contributed by atoms with Gasteiger partial charge in [0, 0.05) is 12.2 Å². The Kier molecular flexibility index (Phi) is 15.3. The maximum absolute atomic E-state index is 13.3. The molecule has 0 radical (unpaired) electrons. The zero-order valence-electron chi connectivity index (χ0n) is 25.0. The van der Waals surface area contributed by atoms with Crippen molar-refractivity contribution in [3.05, 3.63) is 59.2 Å². The van der Waals surface area contributed by atoms with Crippen LogP contribution in [-0.4, -0.2) is 54.4 Å². The van der Waals surface area contributed by atoms with E-state index < -0.39 is 12.0 Å². The Morgan fingerprint density at radius 1 is 1.13 bits per heavy atom. The zero-order valence-corrected chi connectivity index (χ0v) is 24.9. The molecule has 1 saturated carbocycles. The molecule has 39 heavy (non-hydrogen) atoms. The summed E-state index contributed by atoms with van der Waals surface area (Å²) in [6.07, 6.45) is 9.81. The van der Waals surface area contributed by atoms with Crippen LogP contribution in [-0.2, 0) is 20.9 Å². The summed E-state index contributed by atoms with van der Waals surface area (Å²) < 4.78 is 12.1. The molecular formula is C31H44LiNO5S. The molecule has 0 bridgehead atoms. The summed E-state index contributed by atoms with van der Waals surface area (Å²) in [7, 11) is 0. The SMILES string of the molecule is CCOCC(CC1CCCCC1)OCc1ccc(C(=O)N[C@@H](CCSC)C(=O)O)c(-c2ccccc2C)c1.[H-].[Li+]. The number of benzene rings is 2. The first-order valence-corrected chi connectivity index (χ1v) is 15.2. The third kappa shape index (κ3) is 10.6. The van der Waals surface area contributed by atoms with Crippen molar-refractivity contribution < 1.29 is 44.5 Å². The molecule has 2 atom stereocenters. The van der Waals surface area contributed by atoms with Crippen LogP contribution in [0, 0.1) is 12.8 Å². The third-order valence-corrected chi connectivity index (χ3v) is 7.94. The van der Waals surface area contributed by atoms with Crippen LogP contribution in [0.1, 0.15) is 74.8 Å². The average molecular weight is 550 g/mol. The van der Waals surface area contributed by atoms with Crippen molar-refractivity contribution in [2.24, 2.45) is 5.92 Å². The normalized spacial score (nSPS) is 15.3. The summed E-state index contributed by atoms with van der Waals surface area (Å²) >= 11 is 1.56. The van der Waals surface area contributed by atoms with E-state index in [2.05, 4.69) is 5.32 Å². The summed E-state index contributed by atoms with van der Waals surface area (Å²) in [5, 5.41) is 12.4. The summed E-state index contributed by atoms with van der Waals surface area (Å²) in [5.74, 6) is -0.0536. The molecule has 1 aliphatic carbocycles. The van der Waals surface area contributed by atoms with Gasteiger partial charge in [-0.05, 0) is 79.0 Å². The summed E-state index contributed by atoms with van der Waals surface area (Å²) in [4.78, 5) is 25.1. The molecule has 0 spiro atoms. The largest absolute Gasteiger partial charge is 1.00 e. The number of hydrogen-bond acceptors (Lipinski definition) is 5. The van der Waals surface area contributed by atoms with E-state index in [-0.39, 0.29) is 32.3 Å². The number of ether oxygens (including phenoxy) is 2. The molecule has 1 unspecified atom stereocenters. The quantitative estimate of drug-likeness (QED) is 0.330. The number of aryl methyl sites for hydroxylation is 1. The van der Waals surface area contributed by atoms with Gasteiger partial charge in [-0.25, -0.2) is 4.79 Å². The van der Waals surface area contributed by atoms with Gasteiger partial charge in [0.25, 0.3) is 5.91 Å². The number of nitrogens with one attached hydrogen (secondary N) is 1. The van der Waals surface area contributed by atoms with Crippen LogP contribution in [0.15, 0.2) is 42.5 Å². The van der Waals surface area contributed by atoms with Crippen molar-refractivity contribution >= 4 is 23.6 Å². The predicted molar refractivity (Wildman–Crippen MR) is 156 cm³/mol. The number of aliphatic carboxylic acids is 1. The van der Waals surface area contributed by atoms with Gasteiger partial charge in [-0.2, -0.15) is 11.8 Å². The fraction of sp³-hybridized carbons (Fsp3) is 0.548. The van der Waals surface area contributed by atoms with Crippen molar-refractivity contribution in [3.63, 3.8) is 0 Å². The van der Waals surface area contributed by atoms with Gasteiger partial charge in [0.2, 0.25) is 0 Å². The molecule has 1 aliphatic rings. The van der Waals surface area contributed by atoms with Gasteiger partial charge in [-0.15, -0.1) is 0 Å². The summed E-state index contributed by atoms with van der Waals surface area (Å²) in [6.45, 7) is 5.70. The average Bonchev–Trinajstić information content (AvgIpc) is 2.93. The van der Waals surface area contributed by atoms with Gasteiger partial charge in [-0.3, -0.25) is 4.79 Å². The number of carbonyl (C=O) groups excluding carboxylic acids is 1. The van der Waals surface area contributed by atoms with Crippen LogP contribution in [0.4, 0.5) is 0 Å². The van der Waals surface area contributed by atoms with E-state index in [1.165, 1.54) is 32.1 Å². The molecule has 2 aromatic carbocycles. The number of carbonyl (C=O) groups is 2.